The minimum absolute atomic E-state index is 0.0901. The number of benzene rings is 2. The molecule has 1 fully saturated rings. The molecule has 0 unspecified atom stereocenters. The van der Waals surface area contributed by atoms with Crippen molar-refractivity contribution in [1.29, 1.82) is 0 Å². The Morgan fingerprint density at radius 3 is 2.30 bits per heavy atom. The van der Waals surface area contributed by atoms with Crippen LogP contribution in [0, 0.1) is 0 Å². The largest absolute Gasteiger partial charge is 0.465 e. The van der Waals surface area contributed by atoms with Gasteiger partial charge >= 0.3 is 12.3 Å². The molecule has 0 spiro atoms. The quantitative estimate of drug-likeness (QED) is 0.513. The Morgan fingerprint density at radius 1 is 1.14 bits per heavy atom. The van der Waals surface area contributed by atoms with Crippen LogP contribution >= 0.6 is 11.6 Å². The highest BCUT2D eigenvalue weighted by Crippen LogP contribution is 2.37. The summed E-state index contributed by atoms with van der Waals surface area (Å²) in [7, 11) is -2.56. The highest BCUT2D eigenvalue weighted by molar-refractivity contribution is 7.91. The van der Waals surface area contributed by atoms with Gasteiger partial charge in [0.15, 0.2) is 9.84 Å². The molecule has 1 aliphatic rings. The normalized spacial score (nSPS) is 15.0. The van der Waals surface area contributed by atoms with Crippen LogP contribution in [0.25, 0.3) is 0 Å². The summed E-state index contributed by atoms with van der Waals surface area (Å²) in [5, 5.41) is 9.20. The van der Waals surface area contributed by atoms with Gasteiger partial charge < -0.3 is 20.6 Å². The molecule has 3 rings (SSSR count). The van der Waals surface area contributed by atoms with Gasteiger partial charge in [0.1, 0.15) is 0 Å². The van der Waals surface area contributed by atoms with E-state index in [0.29, 0.717) is 6.07 Å². The summed E-state index contributed by atoms with van der Waals surface area (Å²) in [6.45, 7) is 2.03. The lowest BCUT2D eigenvalue weighted by atomic mass is 9.99. The van der Waals surface area contributed by atoms with Gasteiger partial charge in [-0.3, -0.25) is 9.69 Å². The Kier molecular flexibility index (Phi) is 8.30. The van der Waals surface area contributed by atoms with Crippen LogP contribution in [0.4, 0.5) is 29.3 Å². The first-order chi connectivity index (χ1) is 17.2. The molecule has 202 valence electrons. The number of nitrogens with two attached hydrogens (primary N) is 1. The van der Waals surface area contributed by atoms with Gasteiger partial charge in [-0.1, -0.05) is 18.5 Å². The number of amides is 2. The topological polar surface area (TPSA) is 124 Å². The molecule has 1 heterocycles. The molecule has 3 N–H and O–H groups in total. The highest BCUT2D eigenvalue weighted by Gasteiger charge is 2.36. The third kappa shape index (κ3) is 6.28. The Morgan fingerprint density at radius 2 is 1.76 bits per heavy atom. The van der Waals surface area contributed by atoms with Gasteiger partial charge in [0, 0.05) is 50.5 Å². The number of piperazine rings is 1. The summed E-state index contributed by atoms with van der Waals surface area (Å²) in [6.07, 6.45) is -5.91. The van der Waals surface area contributed by atoms with Crippen LogP contribution in [0.5, 0.6) is 0 Å². The van der Waals surface area contributed by atoms with E-state index in [9.17, 15) is 31.2 Å². The summed E-state index contributed by atoms with van der Waals surface area (Å²) >= 11 is 6.01. The zero-order chi connectivity index (χ0) is 27.7. The smallest absolute Gasteiger partial charge is 0.416 e. The lowest BCUT2D eigenvalue weighted by molar-refractivity contribution is -0.138. The van der Waals surface area contributed by atoms with E-state index in [4.69, 9.17) is 22.4 Å². The Hall–Kier alpha value is -3.03. The molecule has 0 bridgehead atoms. The summed E-state index contributed by atoms with van der Waals surface area (Å²) in [6, 6.07) is 5.56. The van der Waals surface area contributed by atoms with Crippen molar-refractivity contribution >= 4 is 44.8 Å². The van der Waals surface area contributed by atoms with Crippen molar-refractivity contribution in [2.75, 3.05) is 49.6 Å². The monoisotopic (exact) mass is 562 g/mol. The fourth-order valence-electron chi connectivity index (χ4n) is 4.04. The molecule has 0 aromatic heterocycles. The molecule has 1 aliphatic heterocycles. The van der Waals surface area contributed by atoms with Gasteiger partial charge in [0.05, 0.1) is 27.5 Å². The number of nitrogens with zero attached hydrogens (tertiary/aromatic N) is 3. The molecule has 0 radical (unpaired) electrons. The zero-order valence-corrected chi connectivity index (χ0v) is 21.6. The number of alkyl halides is 3. The molecular formula is C23H26ClF3N4O5S. The van der Waals surface area contributed by atoms with Gasteiger partial charge in [-0.2, -0.15) is 13.2 Å². The maximum atomic E-state index is 14.0. The van der Waals surface area contributed by atoms with Crippen LogP contribution in [0.3, 0.4) is 0 Å². The number of hydrogen-bond acceptors (Lipinski definition) is 6. The number of carbonyl (C=O) groups is 2. The number of nitrogen functional groups attached to an aromatic ring is 1. The molecule has 2 aromatic rings. The number of carboxylic acid groups (broad SMARTS) is 1. The SMILES string of the molecule is CCS(=O)(=O)c1ccc(Cl)cc1N(C)C(=O)c1cc(C(F)(F)F)c(CN2CCN(C(=O)O)CC2)cc1N. The molecule has 37 heavy (non-hydrogen) atoms. The van der Waals surface area contributed by atoms with E-state index >= 15 is 0 Å². The summed E-state index contributed by atoms with van der Waals surface area (Å²) in [4.78, 5) is 27.9. The van der Waals surface area contributed by atoms with Crippen molar-refractivity contribution in [2.45, 2.75) is 24.5 Å². The maximum Gasteiger partial charge on any atom is 0.416 e. The fourth-order valence-corrected chi connectivity index (χ4v) is 5.31. The summed E-state index contributed by atoms with van der Waals surface area (Å²) in [5.41, 5.74) is 4.05. The summed E-state index contributed by atoms with van der Waals surface area (Å²) < 4.78 is 67.2. The maximum absolute atomic E-state index is 14.0. The van der Waals surface area contributed by atoms with Gasteiger partial charge in [0.25, 0.3) is 5.91 Å². The van der Waals surface area contributed by atoms with Crippen molar-refractivity contribution in [1.82, 2.24) is 9.80 Å². The second-order valence-electron chi connectivity index (χ2n) is 8.52. The van der Waals surface area contributed by atoms with Crippen LogP contribution in [0.2, 0.25) is 5.02 Å². The van der Waals surface area contributed by atoms with Crippen molar-refractivity contribution in [3.8, 4) is 0 Å². The first-order valence-corrected chi connectivity index (χ1v) is 13.2. The summed E-state index contributed by atoms with van der Waals surface area (Å²) in [5.74, 6) is -1.21. The Bertz CT molecular complexity index is 1310. The number of anilines is 2. The predicted octanol–water partition coefficient (Wildman–Crippen LogP) is 3.81. The van der Waals surface area contributed by atoms with Gasteiger partial charge in [-0.05, 0) is 35.9 Å². The van der Waals surface area contributed by atoms with E-state index in [1.54, 1.807) is 4.90 Å². The lowest BCUT2D eigenvalue weighted by Crippen LogP contribution is -2.47. The van der Waals surface area contributed by atoms with E-state index < -0.39 is 39.1 Å². The Balaban J connectivity index is 1.98. The fraction of sp³-hybridized carbons (Fsp3) is 0.391. The minimum atomic E-state index is -4.81. The van der Waals surface area contributed by atoms with Crippen LogP contribution in [-0.4, -0.2) is 74.3 Å². The van der Waals surface area contributed by atoms with Gasteiger partial charge in [-0.25, -0.2) is 13.2 Å². The molecule has 2 aromatic carbocycles. The first kappa shape index (κ1) is 28.5. The van der Waals surface area contributed by atoms with E-state index in [1.165, 1.54) is 37.1 Å². The number of carbonyl (C=O) groups excluding carboxylic acids is 1. The second kappa shape index (κ2) is 10.8. The van der Waals surface area contributed by atoms with Crippen LogP contribution < -0.4 is 10.6 Å². The third-order valence-electron chi connectivity index (χ3n) is 6.15. The van der Waals surface area contributed by atoms with E-state index in [1.807, 2.05) is 0 Å². The molecule has 9 nitrogen and oxygen atoms in total. The van der Waals surface area contributed by atoms with Crippen molar-refractivity contribution < 1.29 is 36.3 Å². The van der Waals surface area contributed by atoms with Crippen molar-refractivity contribution in [3.63, 3.8) is 0 Å². The first-order valence-electron chi connectivity index (χ1n) is 11.2. The van der Waals surface area contributed by atoms with E-state index in [-0.39, 0.29) is 65.3 Å². The van der Waals surface area contributed by atoms with Crippen molar-refractivity contribution in [3.05, 3.63) is 52.0 Å². The number of rotatable bonds is 6. The zero-order valence-electron chi connectivity index (χ0n) is 20.0. The van der Waals surface area contributed by atoms with Crippen LogP contribution in [-0.2, 0) is 22.6 Å². The molecule has 1 saturated heterocycles. The number of halogens is 4. The molecule has 0 atom stereocenters. The van der Waals surface area contributed by atoms with Crippen LogP contribution in [0.1, 0.15) is 28.4 Å². The van der Waals surface area contributed by atoms with Gasteiger partial charge in [0.2, 0.25) is 0 Å². The average Bonchev–Trinajstić information content (AvgIpc) is 2.82. The number of hydrogen-bond donors (Lipinski definition) is 2. The standard InChI is InChI=1S/C23H26ClF3N4O5S/c1-3-37(35,36)20-5-4-15(24)11-19(20)29(2)21(32)16-12-17(23(25,26)27)14(10-18(16)28)13-30-6-8-31(9-7-30)22(33)34/h4-5,10-12H,3,6-9,13,28H2,1-2H3,(H,33,34). The molecule has 14 heteroatoms. The minimum Gasteiger partial charge on any atom is -0.465 e. The Labute approximate surface area is 217 Å². The molecule has 0 aliphatic carbocycles. The van der Waals surface area contributed by atoms with E-state index in [0.717, 1.165) is 11.0 Å². The second-order valence-corrected chi connectivity index (χ2v) is 11.2. The molecular weight excluding hydrogens is 537 g/mol. The average molecular weight is 563 g/mol. The molecule has 2 amide bonds. The lowest BCUT2D eigenvalue weighted by Gasteiger charge is -2.33. The third-order valence-corrected chi connectivity index (χ3v) is 8.16. The van der Waals surface area contributed by atoms with E-state index in [2.05, 4.69) is 0 Å². The van der Waals surface area contributed by atoms with Gasteiger partial charge in [-0.15, -0.1) is 0 Å². The van der Waals surface area contributed by atoms with Crippen LogP contribution in [0.15, 0.2) is 35.2 Å². The highest BCUT2D eigenvalue weighted by atomic mass is 35.5. The number of sulfone groups is 1. The van der Waals surface area contributed by atoms with Crippen molar-refractivity contribution in [2.24, 2.45) is 0 Å². The predicted molar refractivity (Wildman–Crippen MR) is 133 cm³/mol. The molecule has 0 saturated carbocycles.